The molecular weight excluding hydrogens is 300 g/mol. The molecule has 2 rings (SSSR count). The van der Waals surface area contributed by atoms with Gasteiger partial charge in [-0.05, 0) is 45.7 Å². The molecule has 0 aliphatic carbocycles. The van der Waals surface area contributed by atoms with E-state index in [-0.39, 0.29) is 12.5 Å². The monoisotopic (exact) mass is 322 g/mol. The highest BCUT2D eigenvalue weighted by Gasteiger charge is 2.26. The van der Waals surface area contributed by atoms with Crippen LogP contribution in [0.4, 0.5) is 0 Å². The first-order chi connectivity index (χ1) is 10.4. The van der Waals surface area contributed by atoms with Gasteiger partial charge in [0.25, 0.3) is 5.91 Å². The quantitative estimate of drug-likeness (QED) is 0.855. The fourth-order valence-electron chi connectivity index (χ4n) is 2.17. The first-order valence-electron chi connectivity index (χ1n) is 7.36. The summed E-state index contributed by atoms with van der Waals surface area (Å²) in [5, 5.41) is 12.9. The van der Waals surface area contributed by atoms with E-state index in [0.717, 1.165) is 12.2 Å². The number of aliphatic hydroxyl groups is 1. The Kier molecular flexibility index (Phi) is 5.03. The van der Waals surface area contributed by atoms with Crippen LogP contribution < -0.4 is 5.32 Å². The van der Waals surface area contributed by atoms with Gasteiger partial charge in [0.05, 0.1) is 5.69 Å². The number of aliphatic hydroxyl groups excluding tert-OH is 1. The van der Waals surface area contributed by atoms with E-state index >= 15 is 0 Å². The number of aryl methyl sites for hydroxylation is 2. The number of furan rings is 1. The number of carbonyl (C=O) groups is 1. The lowest BCUT2D eigenvalue weighted by atomic mass is 9.95. The summed E-state index contributed by atoms with van der Waals surface area (Å²) < 4.78 is 5.56. The second-order valence-electron chi connectivity index (χ2n) is 5.69. The third kappa shape index (κ3) is 3.56. The van der Waals surface area contributed by atoms with Crippen molar-refractivity contribution >= 4 is 17.2 Å². The van der Waals surface area contributed by atoms with Crippen LogP contribution >= 0.6 is 11.3 Å². The van der Waals surface area contributed by atoms with Crippen LogP contribution in [0.5, 0.6) is 0 Å². The van der Waals surface area contributed by atoms with Gasteiger partial charge >= 0.3 is 0 Å². The molecule has 1 atom stereocenters. The number of hydrogen-bond acceptors (Lipinski definition) is 5. The topological polar surface area (TPSA) is 75.4 Å². The zero-order chi connectivity index (χ0) is 16.3. The summed E-state index contributed by atoms with van der Waals surface area (Å²) >= 11 is 1.32. The number of thiazole rings is 1. The van der Waals surface area contributed by atoms with Crippen LogP contribution in [0.1, 0.15) is 47.8 Å². The van der Waals surface area contributed by atoms with E-state index in [4.69, 9.17) is 9.52 Å². The lowest BCUT2D eigenvalue weighted by Crippen LogP contribution is -2.46. The molecule has 120 valence electrons. The van der Waals surface area contributed by atoms with Crippen molar-refractivity contribution in [2.24, 2.45) is 0 Å². The van der Waals surface area contributed by atoms with Gasteiger partial charge in [0.1, 0.15) is 10.6 Å². The highest BCUT2D eigenvalue weighted by molar-refractivity contribution is 7.17. The van der Waals surface area contributed by atoms with Gasteiger partial charge in [-0.15, -0.1) is 11.3 Å². The van der Waals surface area contributed by atoms with Crippen molar-refractivity contribution in [1.29, 1.82) is 0 Å². The van der Waals surface area contributed by atoms with Crippen molar-refractivity contribution < 1.29 is 14.3 Å². The second-order valence-corrected chi connectivity index (χ2v) is 6.68. The largest absolute Gasteiger partial charge is 0.459 e. The summed E-state index contributed by atoms with van der Waals surface area (Å²) in [5.74, 6) is 1.34. The van der Waals surface area contributed by atoms with Crippen LogP contribution in [-0.2, 0) is 0 Å². The van der Waals surface area contributed by atoms with E-state index in [9.17, 15) is 4.79 Å². The van der Waals surface area contributed by atoms with E-state index in [0.29, 0.717) is 27.8 Å². The molecule has 0 aliphatic rings. The summed E-state index contributed by atoms with van der Waals surface area (Å²) in [6.07, 6.45) is 1.28. The highest BCUT2D eigenvalue weighted by atomic mass is 32.1. The minimum absolute atomic E-state index is 0.0449. The van der Waals surface area contributed by atoms with Gasteiger partial charge in [0.2, 0.25) is 0 Å². The van der Waals surface area contributed by atoms with Crippen molar-refractivity contribution in [3.05, 3.63) is 28.5 Å². The number of aromatic nitrogens is 1. The van der Waals surface area contributed by atoms with Crippen molar-refractivity contribution in [3.63, 3.8) is 0 Å². The van der Waals surface area contributed by atoms with Gasteiger partial charge in [-0.1, -0.05) is 6.92 Å². The molecule has 6 heteroatoms. The molecule has 2 aromatic heterocycles. The maximum absolute atomic E-state index is 12.5. The van der Waals surface area contributed by atoms with Crippen molar-refractivity contribution in [2.75, 3.05) is 6.61 Å². The molecule has 0 radical (unpaired) electrons. The summed E-state index contributed by atoms with van der Waals surface area (Å²) in [7, 11) is 0. The molecule has 0 aromatic carbocycles. The standard InChI is InChI=1S/C16H22N2O3S/c1-5-16(4,8-9-19)18-14(20)13-11(3)17-15(22-13)12-7-6-10(2)21-12/h6-7,19H,5,8-9H2,1-4H3,(H,18,20). The van der Waals surface area contributed by atoms with Crippen LogP contribution in [0, 0.1) is 13.8 Å². The molecule has 2 heterocycles. The maximum atomic E-state index is 12.5. The summed E-state index contributed by atoms with van der Waals surface area (Å²) in [6, 6.07) is 3.73. The molecule has 0 aliphatic heterocycles. The molecule has 0 fully saturated rings. The zero-order valence-corrected chi connectivity index (χ0v) is 14.2. The number of nitrogens with one attached hydrogen (secondary N) is 1. The minimum atomic E-state index is -0.413. The van der Waals surface area contributed by atoms with E-state index < -0.39 is 5.54 Å². The molecule has 1 amide bonds. The van der Waals surface area contributed by atoms with Gasteiger partial charge in [-0.25, -0.2) is 4.98 Å². The summed E-state index contributed by atoms with van der Waals surface area (Å²) in [6.45, 7) is 7.67. The summed E-state index contributed by atoms with van der Waals surface area (Å²) in [4.78, 5) is 17.5. The van der Waals surface area contributed by atoms with E-state index in [1.165, 1.54) is 11.3 Å². The lowest BCUT2D eigenvalue weighted by Gasteiger charge is -2.28. The number of nitrogens with zero attached hydrogens (tertiary/aromatic N) is 1. The Bertz CT molecular complexity index is 662. The van der Waals surface area contributed by atoms with Gasteiger partial charge in [0.15, 0.2) is 10.8 Å². The molecular formula is C16H22N2O3S. The van der Waals surface area contributed by atoms with Gasteiger partial charge in [0, 0.05) is 12.1 Å². The van der Waals surface area contributed by atoms with Crippen molar-refractivity contribution in [3.8, 4) is 10.8 Å². The zero-order valence-electron chi connectivity index (χ0n) is 13.4. The van der Waals surface area contributed by atoms with Gasteiger partial charge in [-0.3, -0.25) is 4.79 Å². The Labute approximate surface area is 134 Å². The Balaban J connectivity index is 2.22. The Morgan fingerprint density at radius 3 is 2.73 bits per heavy atom. The fourth-order valence-corrected chi connectivity index (χ4v) is 3.09. The van der Waals surface area contributed by atoms with E-state index in [1.54, 1.807) is 0 Å². The molecule has 5 nitrogen and oxygen atoms in total. The molecule has 0 spiro atoms. The fraction of sp³-hybridized carbons (Fsp3) is 0.500. The first-order valence-corrected chi connectivity index (χ1v) is 8.18. The van der Waals surface area contributed by atoms with Gasteiger partial charge in [-0.2, -0.15) is 0 Å². The van der Waals surface area contributed by atoms with Crippen LogP contribution in [0.3, 0.4) is 0 Å². The van der Waals surface area contributed by atoms with E-state index in [1.807, 2.05) is 39.8 Å². The van der Waals surface area contributed by atoms with Crippen molar-refractivity contribution in [1.82, 2.24) is 10.3 Å². The molecule has 0 saturated carbocycles. The Hall–Kier alpha value is -1.66. The molecule has 1 unspecified atom stereocenters. The average molecular weight is 322 g/mol. The SMILES string of the molecule is CCC(C)(CCO)NC(=O)c1sc(-c2ccc(C)o2)nc1C. The smallest absolute Gasteiger partial charge is 0.263 e. The minimum Gasteiger partial charge on any atom is -0.459 e. The summed E-state index contributed by atoms with van der Waals surface area (Å²) in [5.41, 5.74) is 0.276. The normalized spacial score (nSPS) is 13.9. The van der Waals surface area contributed by atoms with Crippen LogP contribution in [0.25, 0.3) is 10.8 Å². The molecule has 0 saturated heterocycles. The average Bonchev–Trinajstić information content (AvgIpc) is 3.05. The predicted octanol–water partition coefficient (Wildman–Crippen LogP) is 3.30. The third-order valence-corrected chi connectivity index (χ3v) is 4.98. The molecule has 0 bridgehead atoms. The molecule has 2 aromatic rings. The van der Waals surface area contributed by atoms with E-state index in [2.05, 4.69) is 10.3 Å². The number of carbonyl (C=O) groups excluding carboxylic acids is 1. The lowest BCUT2D eigenvalue weighted by molar-refractivity contribution is 0.0889. The third-order valence-electron chi connectivity index (χ3n) is 3.81. The molecule has 2 N–H and O–H groups in total. The van der Waals surface area contributed by atoms with Crippen LogP contribution in [0.2, 0.25) is 0 Å². The number of rotatable bonds is 6. The Morgan fingerprint density at radius 1 is 1.45 bits per heavy atom. The second kappa shape index (κ2) is 6.62. The van der Waals surface area contributed by atoms with Crippen LogP contribution in [0.15, 0.2) is 16.5 Å². The maximum Gasteiger partial charge on any atom is 0.263 e. The van der Waals surface area contributed by atoms with Crippen molar-refractivity contribution in [2.45, 2.75) is 46.1 Å². The number of amides is 1. The highest BCUT2D eigenvalue weighted by Crippen LogP contribution is 2.29. The van der Waals surface area contributed by atoms with Crippen LogP contribution in [-0.4, -0.2) is 28.1 Å². The van der Waals surface area contributed by atoms with Gasteiger partial charge < -0.3 is 14.8 Å². The Morgan fingerprint density at radius 2 is 2.18 bits per heavy atom. The number of hydrogen-bond donors (Lipinski definition) is 2. The predicted molar refractivity (Wildman–Crippen MR) is 87.2 cm³/mol. The molecule has 22 heavy (non-hydrogen) atoms. The first kappa shape index (κ1) is 16.7.